The predicted octanol–water partition coefficient (Wildman–Crippen LogP) is -0.435. The highest BCUT2D eigenvalue weighted by Crippen LogP contribution is 2.19. The van der Waals surface area contributed by atoms with Gasteiger partial charge >= 0.3 is 0 Å². The fourth-order valence-electron chi connectivity index (χ4n) is 1.76. The van der Waals surface area contributed by atoms with Crippen molar-refractivity contribution in [1.82, 2.24) is 4.90 Å². The maximum Gasteiger partial charge on any atom is 0.236 e. The third-order valence-corrected chi connectivity index (χ3v) is 2.67. The number of carbonyl (C=O) groups is 1. The van der Waals surface area contributed by atoms with Gasteiger partial charge in [-0.1, -0.05) is 0 Å². The molecule has 4 heteroatoms. The number of nitrogens with two attached hydrogens (primary N) is 1. The third kappa shape index (κ3) is 2.67. The van der Waals surface area contributed by atoms with Gasteiger partial charge in [0.15, 0.2) is 0 Å². The van der Waals surface area contributed by atoms with Gasteiger partial charge < -0.3 is 15.7 Å². The van der Waals surface area contributed by atoms with Crippen molar-refractivity contribution in [1.29, 1.82) is 0 Å². The molecule has 1 fully saturated rings. The molecule has 0 aromatic carbocycles. The molecule has 0 bridgehead atoms. The van der Waals surface area contributed by atoms with E-state index in [4.69, 9.17) is 5.73 Å². The number of amides is 1. The second kappa shape index (κ2) is 4.58. The zero-order chi connectivity index (χ0) is 9.84. The van der Waals surface area contributed by atoms with Gasteiger partial charge in [-0.15, -0.1) is 0 Å². The number of hydrogen-bond donors (Lipinski definition) is 2. The number of rotatable bonds is 2. The number of hydrogen-bond acceptors (Lipinski definition) is 3. The highest BCUT2D eigenvalue weighted by Gasteiger charge is 2.25. The van der Waals surface area contributed by atoms with Crippen LogP contribution in [-0.4, -0.2) is 41.7 Å². The average molecular weight is 186 g/mol. The predicted molar refractivity (Wildman–Crippen MR) is 50.0 cm³/mol. The van der Waals surface area contributed by atoms with E-state index < -0.39 is 0 Å². The van der Waals surface area contributed by atoms with Gasteiger partial charge in [0.25, 0.3) is 0 Å². The number of carbonyl (C=O) groups excluding carboxylic acids is 1. The van der Waals surface area contributed by atoms with E-state index in [2.05, 4.69) is 0 Å². The van der Waals surface area contributed by atoms with E-state index in [0.717, 1.165) is 19.4 Å². The Balaban J connectivity index is 2.46. The fourth-order valence-corrected chi connectivity index (χ4v) is 1.76. The molecule has 2 atom stereocenters. The zero-order valence-electron chi connectivity index (χ0n) is 8.07. The standard InChI is InChI=1S/C9H18N2O2/c1-7(12)8-3-2-4-11(6-8)9(13)5-10/h7-8,12H,2-6,10H2,1H3/t7-,8+/m0/s1. The van der Waals surface area contributed by atoms with Gasteiger partial charge in [-0.2, -0.15) is 0 Å². The van der Waals surface area contributed by atoms with Crippen molar-refractivity contribution < 1.29 is 9.90 Å². The number of nitrogens with zero attached hydrogens (tertiary/aromatic N) is 1. The molecule has 3 N–H and O–H groups in total. The Hall–Kier alpha value is -0.610. The van der Waals surface area contributed by atoms with Crippen LogP contribution in [0.5, 0.6) is 0 Å². The quantitative estimate of drug-likeness (QED) is 0.614. The van der Waals surface area contributed by atoms with E-state index in [1.54, 1.807) is 11.8 Å². The van der Waals surface area contributed by atoms with Gasteiger partial charge in [-0.05, 0) is 19.8 Å². The molecule has 13 heavy (non-hydrogen) atoms. The van der Waals surface area contributed by atoms with Crippen molar-refractivity contribution in [2.45, 2.75) is 25.9 Å². The minimum Gasteiger partial charge on any atom is -0.393 e. The first-order chi connectivity index (χ1) is 6.15. The molecule has 0 aliphatic carbocycles. The molecule has 0 aromatic heterocycles. The normalized spacial score (nSPS) is 25.8. The minimum atomic E-state index is -0.326. The molecule has 0 saturated carbocycles. The molecule has 1 aliphatic heterocycles. The van der Waals surface area contributed by atoms with Crippen LogP contribution in [0.4, 0.5) is 0 Å². The average Bonchev–Trinajstić information content (AvgIpc) is 2.17. The topological polar surface area (TPSA) is 66.6 Å². The molecule has 0 unspecified atom stereocenters. The lowest BCUT2D eigenvalue weighted by atomic mass is 9.93. The molecule has 1 aliphatic rings. The van der Waals surface area contributed by atoms with Crippen molar-refractivity contribution in [3.05, 3.63) is 0 Å². The van der Waals surface area contributed by atoms with E-state index in [1.807, 2.05) is 0 Å². The lowest BCUT2D eigenvalue weighted by Crippen LogP contribution is -2.45. The molecule has 1 saturated heterocycles. The molecule has 0 aromatic rings. The lowest BCUT2D eigenvalue weighted by Gasteiger charge is -2.33. The van der Waals surface area contributed by atoms with Crippen LogP contribution in [0.25, 0.3) is 0 Å². The number of likely N-dealkylation sites (tertiary alicyclic amines) is 1. The Morgan fingerprint density at radius 2 is 2.46 bits per heavy atom. The number of piperidine rings is 1. The molecule has 1 amide bonds. The Kier molecular flexibility index (Phi) is 3.69. The summed E-state index contributed by atoms with van der Waals surface area (Å²) in [5.74, 6) is 0.217. The lowest BCUT2D eigenvalue weighted by molar-refractivity contribution is -0.132. The first-order valence-corrected chi connectivity index (χ1v) is 4.81. The first-order valence-electron chi connectivity index (χ1n) is 4.81. The Morgan fingerprint density at radius 3 is 3.00 bits per heavy atom. The maximum atomic E-state index is 11.3. The smallest absolute Gasteiger partial charge is 0.236 e. The van der Waals surface area contributed by atoms with Gasteiger partial charge in [-0.25, -0.2) is 0 Å². The molecule has 1 heterocycles. The van der Waals surface area contributed by atoms with Gasteiger partial charge in [0.2, 0.25) is 5.91 Å². The summed E-state index contributed by atoms with van der Waals surface area (Å²) in [6.07, 6.45) is 1.65. The van der Waals surface area contributed by atoms with Crippen molar-refractivity contribution in [3.63, 3.8) is 0 Å². The van der Waals surface area contributed by atoms with Crippen molar-refractivity contribution in [3.8, 4) is 0 Å². The summed E-state index contributed by atoms with van der Waals surface area (Å²) in [6.45, 7) is 3.31. The summed E-state index contributed by atoms with van der Waals surface area (Å²) >= 11 is 0. The summed E-state index contributed by atoms with van der Waals surface area (Å²) in [7, 11) is 0. The van der Waals surface area contributed by atoms with E-state index in [1.165, 1.54) is 0 Å². The molecule has 4 nitrogen and oxygen atoms in total. The largest absolute Gasteiger partial charge is 0.393 e. The van der Waals surface area contributed by atoms with Gasteiger partial charge in [0.1, 0.15) is 0 Å². The van der Waals surface area contributed by atoms with E-state index >= 15 is 0 Å². The van der Waals surface area contributed by atoms with Crippen LogP contribution in [0, 0.1) is 5.92 Å². The van der Waals surface area contributed by atoms with E-state index in [9.17, 15) is 9.90 Å². The molecule has 76 valence electrons. The molecule has 1 rings (SSSR count). The molecule has 0 radical (unpaired) electrons. The van der Waals surface area contributed by atoms with Gasteiger partial charge in [0.05, 0.1) is 12.6 Å². The third-order valence-electron chi connectivity index (χ3n) is 2.67. The van der Waals surface area contributed by atoms with E-state index in [-0.39, 0.29) is 24.5 Å². The van der Waals surface area contributed by atoms with Crippen molar-refractivity contribution in [2.75, 3.05) is 19.6 Å². The highest BCUT2D eigenvalue weighted by atomic mass is 16.3. The summed E-state index contributed by atoms with van der Waals surface area (Å²) in [5, 5.41) is 9.38. The number of aliphatic hydroxyl groups excluding tert-OH is 1. The number of aliphatic hydroxyl groups is 1. The van der Waals surface area contributed by atoms with E-state index in [0.29, 0.717) is 6.54 Å². The summed E-state index contributed by atoms with van der Waals surface area (Å²) in [4.78, 5) is 13.0. The van der Waals surface area contributed by atoms with Gasteiger partial charge in [-0.3, -0.25) is 4.79 Å². The Bertz CT molecular complexity index is 182. The summed E-state index contributed by atoms with van der Waals surface area (Å²) in [5.41, 5.74) is 5.27. The second-order valence-electron chi connectivity index (χ2n) is 3.69. The van der Waals surface area contributed by atoms with Crippen molar-refractivity contribution >= 4 is 5.91 Å². The van der Waals surface area contributed by atoms with Crippen molar-refractivity contribution in [2.24, 2.45) is 11.7 Å². The summed E-state index contributed by atoms with van der Waals surface area (Å²) < 4.78 is 0. The van der Waals surface area contributed by atoms with Crippen LogP contribution < -0.4 is 5.73 Å². The van der Waals surface area contributed by atoms with Crippen LogP contribution in [0.2, 0.25) is 0 Å². The van der Waals surface area contributed by atoms with Crippen LogP contribution in [-0.2, 0) is 4.79 Å². The molecular weight excluding hydrogens is 168 g/mol. The van der Waals surface area contributed by atoms with Gasteiger partial charge in [0, 0.05) is 19.0 Å². The minimum absolute atomic E-state index is 0.00894. The maximum absolute atomic E-state index is 11.3. The molecule has 0 spiro atoms. The molecular formula is C9H18N2O2. The fraction of sp³-hybridized carbons (Fsp3) is 0.889. The van der Waals surface area contributed by atoms with Crippen LogP contribution in [0.3, 0.4) is 0 Å². The second-order valence-corrected chi connectivity index (χ2v) is 3.69. The monoisotopic (exact) mass is 186 g/mol. The van der Waals surface area contributed by atoms with Crippen LogP contribution >= 0.6 is 0 Å². The highest BCUT2D eigenvalue weighted by molar-refractivity contribution is 5.78. The SMILES string of the molecule is C[C@H](O)[C@@H]1CCCN(C(=O)CN)C1. The zero-order valence-corrected chi connectivity index (χ0v) is 8.07. The Labute approximate surface area is 78.7 Å². The first kappa shape index (κ1) is 10.5. The van der Waals surface area contributed by atoms with Crippen LogP contribution in [0.15, 0.2) is 0 Å². The summed E-state index contributed by atoms with van der Waals surface area (Å²) in [6, 6.07) is 0. The van der Waals surface area contributed by atoms with Crippen LogP contribution in [0.1, 0.15) is 19.8 Å². The Morgan fingerprint density at radius 1 is 1.77 bits per heavy atom.